The number of aryl methyl sites for hydroxylation is 2. The maximum Gasteiger partial charge on any atom is 0.305 e. The minimum atomic E-state index is -0.915. The van der Waals surface area contributed by atoms with Crippen LogP contribution in [0.1, 0.15) is 26.5 Å². The Labute approximate surface area is 152 Å². The maximum atomic E-state index is 12.4. The van der Waals surface area contributed by atoms with Crippen molar-refractivity contribution < 1.29 is 14.7 Å². The first-order chi connectivity index (χ1) is 11.9. The number of carbonyl (C=O) groups excluding carboxylic acids is 1. The third-order valence-corrected chi connectivity index (χ3v) is 4.87. The molecule has 1 atom stereocenters. The fourth-order valence-corrected chi connectivity index (χ4v) is 3.53. The van der Waals surface area contributed by atoms with Crippen LogP contribution in [0.25, 0.3) is 0 Å². The average Bonchev–Trinajstić information content (AvgIpc) is 3.01. The number of hydrogen-bond donors (Lipinski definition) is 2. The molecule has 0 fully saturated rings. The number of carbonyl (C=O) groups is 2. The summed E-state index contributed by atoms with van der Waals surface area (Å²) in [6, 6.07) is 13.6. The zero-order valence-electron chi connectivity index (χ0n) is 14.6. The van der Waals surface area contributed by atoms with Crippen molar-refractivity contribution in [1.82, 2.24) is 10.2 Å². The first-order valence-corrected chi connectivity index (χ1v) is 9.05. The zero-order chi connectivity index (χ0) is 18.2. The second-order valence-corrected chi connectivity index (χ2v) is 7.45. The van der Waals surface area contributed by atoms with Gasteiger partial charge in [0.25, 0.3) is 5.91 Å². The molecule has 0 bridgehead atoms. The molecule has 1 aromatic carbocycles. The van der Waals surface area contributed by atoms with Crippen molar-refractivity contribution in [2.45, 2.75) is 25.3 Å². The monoisotopic (exact) mass is 360 g/mol. The molecule has 0 aliphatic heterocycles. The summed E-state index contributed by atoms with van der Waals surface area (Å²) in [6.45, 7) is 0.490. The van der Waals surface area contributed by atoms with Crippen LogP contribution in [0.15, 0.2) is 42.5 Å². The minimum absolute atomic E-state index is 0.0871. The van der Waals surface area contributed by atoms with E-state index in [4.69, 9.17) is 5.11 Å². The Morgan fingerprint density at radius 3 is 2.48 bits per heavy atom. The normalized spacial score (nSPS) is 12.1. The molecule has 1 heterocycles. The van der Waals surface area contributed by atoms with Gasteiger partial charge in [-0.15, -0.1) is 11.3 Å². The van der Waals surface area contributed by atoms with Gasteiger partial charge in [0.15, 0.2) is 0 Å². The van der Waals surface area contributed by atoms with E-state index in [1.54, 1.807) is 0 Å². The summed E-state index contributed by atoms with van der Waals surface area (Å²) >= 11 is 1.47. The maximum absolute atomic E-state index is 12.4. The molecule has 25 heavy (non-hydrogen) atoms. The lowest BCUT2D eigenvalue weighted by Gasteiger charge is -2.20. The molecule has 0 aliphatic carbocycles. The molecule has 2 aromatic rings. The van der Waals surface area contributed by atoms with E-state index >= 15 is 0 Å². The molecule has 0 saturated heterocycles. The molecule has 2 N–H and O–H groups in total. The number of hydrogen-bond acceptors (Lipinski definition) is 4. The van der Waals surface area contributed by atoms with Crippen LogP contribution in [0.2, 0.25) is 0 Å². The number of thiophene rings is 1. The van der Waals surface area contributed by atoms with Gasteiger partial charge >= 0.3 is 5.97 Å². The standard InChI is InChI=1S/C19H24N2O3S/c1-21(2)13-15(12-18(22)23)20-19(24)17-11-10-16(25-17)9-8-14-6-4-3-5-7-14/h3-7,10-11,15H,8-9,12-13H2,1-2H3,(H,20,24)(H,22,23). The summed E-state index contributed by atoms with van der Waals surface area (Å²) in [5.74, 6) is -1.12. The highest BCUT2D eigenvalue weighted by molar-refractivity contribution is 7.14. The summed E-state index contributed by atoms with van der Waals surface area (Å²) in [5.41, 5.74) is 1.27. The van der Waals surface area contributed by atoms with Crippen LogP contribution in [0.4, 0.5) is 0 Å². The fourth-order valence-electron chi connectivity index (χ4n) is 2.62. The molecule has 0 radical (unpaired) electrons. The quantitative estimate of drug-likeness (QED) is 0.721. The van der Waals surface area contributed by atoms with Crippen LogP contribution in [0.5, 0.6) is 0 Å². The van der Waals surface area contributed by atoms with E-state index in [9.17, 15) is 9.59 Å². The van der Waals surface area contributed by atoms with Crippen molar-refractivity contribution in [3.05, 3.63) is 57.8 Å². The van der Waals surface area contributed by atoms with Gasteiger partial charge in [-0.05, 0) is 44.6 Å². The van der Waals surface area contributed by atoms with Gasteiger partial charge in [0.1, 0.15) is 0 Å². The number of likely N-dealkylation sites (N-methyl/N-ethyl adjacent to an activating group) is 1. The highest BCUT2D eigenvalue weighted by Gasteiger charge is 2.18. The first-order valence-electron chi connectivity index (χ1n) is 8.24. The highest BCUT2D eigenvalue weighted by atomic mass is 32.1. The van der Waals surface area contributed by atoms with E-state index in [0.717, 1.165) is 17.7 Å². The number of carboxylic acids is 1. The minimum Gasteiger partial charge on any atom is -0.481 e. The molecule has 2 rings (SSSR count). The Hall–Kier alpha value is -2.18. The number of carboxylic acid groups (broad SMARTS) is 1. The van der Waals surface area contributed by atoms with Crippen molar-refractivity contribution >= 4 is 23.2 Å². The van der Waals surface area contributed by atoms with Crippen molar-refractivity contribution in [2.75, 3.05) is 20.6 Å². The summed E-state index contributed by atoms with van der Waals surface area (Å²) < 4.78 is 0. The van der Waals surface area contributed by atoms with E-state index in [1.165, 1.54) is 16.9 Å². The van der Waals surface area contributed by atoms with Crippen LogP contribution in [-0.2, 0) is 17.6 Å². The Balaban J connectivity index is 1.92. The smallest absolute Gasteiger partial charge is 0.305 e. The fraction of sp³-hybridized carbons (Fsp3) is 0.368. The van der Waals surface area contributed by atoms with Crippen LogP contribution in [0, 0.1) is 0 Å². The molecule has 0 spiro atoms. The molecule has 0 saturated carbocycles. The molecule has 1 unspecified atom stereocenters. The predicted molar refractivity (Wildman–Crippen MR) is 100 cm³/mol. The second kappa shape index (κ2) is 9.34. The third kappa shape index (κ3) is 6.68. The molecular weight excluding hydrogens is 336 g/mol. The Morgan fingerprint density at radius 1 is 1.12 bits per heavy atom. The van der Waals surface area contributed by atoms with Gasteiger partial charge in [-0.25, -0.2) is 0 Å². The van der Waals surface area contributed by atoms with Crippen molar-refractivity contribution in [3.63, 3.8) is 0 Å². The number of nitrogens with one attached hydrogen (secondary N) is 1. The van der Waals surface area contributed by atoms with Crippen LogP contribution in [0.3, 0.4) is 0 Å². The molecule has 0 aliphatic rings. The van der Waals surface area contributed by atoms with E-state index in [0.29, 0.717) is 11.4 Å². The van der Waals surface area contributed by atoms with Crippen LogP contribution in [-0.4, -0.2) is 48.6 Å². The van der Waals surface area contributed by atoms with Gasteiger partial charge in [0.2, 0.25) is 0 Å². The van der Waals surface area contributed by atoms with Gasteiger partial charge < -0.3 is 15.3 Å². The summed E-state index contributed by atoms with van der Waals surface area (Å²) in [5, 5.41) is 11.8. The van der Waals surface area contributed by atoms with E-state index in [1.807, 2.05) is 49.3 Å². The van der Waals surface area contributed by atoms with Gasteiger partial charge in [-0.1, -0.05) is 30.3 Å². The Kier molecular flexibility index (Phi) is 7.16. The summed E-state index contributed by atoms with van der Waals surface area (Å²) in [7, 11) is 3.71. The van der Waals surface area contributed by atoms with Crippen molar-refractivity contribution in [1.29, 1.82) is 0 Å². The SMILES string of the molecule is CN(C)CC(CC(=O)O)NC(=O)c1ccc(CCc2ccccc2)s1. The van der Waals surface area contributed by atoms with E-state index in [2.05, 4.69) is 17.4 Å². The van der Waals surface area contributed by atoms with Gasteiger partial charge in [0.05, 0.1) is 17.3 Å². The largest absolute Gasteiger partial charge is 0.481 e. The lowest BCUT2D eigenvalue weighted by atomic mass is 10.1. The Morgan fingerprint density at radius 2 is 1.84 bits per heavy atom. The molecule has 134 valence electrons. The number of nitrogens with zero attached hydrogens (tertiary/aromatic N) is 1. The summed E-state index contributed by atoms with van der Waals surface area (Å²) in [4.78, 5) is 27.0. The van der Waals surface area contributed by atoms with E-state index < -0.39 is 12.0 Å². The van der Waals surface area contributed by atoms with Crippen molar-refractivity contribution in [3.8, 4) is 0 Å². The number of aliphatic carboxylic acids is 1. The van der Waals surface area contributed by atoms with E-state index in [-0.39, 0.29) is 12.3 Å². The molecule has 6 heteroatoms. The van der Waals surface area contributed by atoms with Crippen LogP contribution < -0.4 is 5.32 Å². The Bertz CT molecular complexity index is 698. The second-order valence-electron chi connectivity index (χ2n) is 6.28. The molecular formula is C19H24N2O3S. The number of amides is 1. The predicted octanol–water partition coefficient (Wildman–Crippen LogP) is 2.67. The van der Waals surface area contributed by atoms with Crippen LogP contribution >= 0.6 is 11.3 Å². The zero-order valence-corrected chi connectivity index (χ0v) is 15.4. The van der Waals surface area contributed by atoms with Crippen molar-refractivity contribution in [2.24, 2.45) is 0 Å². The molecule has 1 amide bonds. The topological polar surface area (TPSA) is 69.6 Å². The van der Waals surface area contributed by atoms with Gasteiger partial charge in [-0.3, -0.25) is 9.59 Å². The average molecular weight is 360 g/mol. The summed E-state index contributed by atoms with van der Waals surface area (Å²) in [6.07, 6.45) is 1.74. The highest BCUT2D eigenvalue weighted by Crippen LogP contribution is 2.19. The third-order valence-electron chi connectivity index (χ3n) is 3.73. The molecule has 1 aromatic heterocycles. The van der Waals surface area contributed by atoms with Gasteiger partial charge in [0, 0.05) is 11.4 Å². The molecule has 5 nitrogen and oxygen atoms in total. The number of rotatable bonds is 9. The van der Waals surface area contributed by atoms with Gasteiger partial charge in [-0.2, -0.15) is 0 Å². The number of benzene rings is 1. The first kappa shape index (κ1) is 19.1. The lowest BCUT2D eigenvalue weighted by Crippen LogP contribution is -2.42. The lowest BCUT2D eigenvalue weighted by molar-refractivity contribution is -0.137.